The minimum absolute atomic E-state index is 0.157. The number of nitrogens with one attached hydrogen (secondary N) is 4. The number of carbonyl (C=O) groups excluding carboxylic acids is 1. The van der Waals surface area contributed by atoms with Crippen LogP contribution in [0, 0.1) is 5.41 Å². The molecule has 0 radical (unpaired) electrons. The van der Waals surface area contributed by atoms with E-state index in [0.717, 1.165) is 22.5 Å². The molecule has 0 fully saturated rings. The van der Waals surface area contributed by atoms with E-state index in [1.807, 2.05) is 43.3 Å². The molecule has 9 nitrogen and oxygen atoms in total. The van der Waals surface area contributed by atoms with Gasteiger partial charge in [-0.1, -0.05) is 12.1 Å². The van der Waals surface area contributed by atoms with Gasteiger partial charge in [0.1, 0.15) is 0 Å². The zero-order valence-electron chi connectivity index (χ0n) is 19.1. The molecule has 1 aromatic heterocycles. The Morgan fingerprint density at radius 3 is 2.33 bits per heavy atom. The molecule has 0 spiro atoms. The lowest BCUT2D eigenvalue weighted by Crippen LogP contribution is -2.40. The Hall–Kier alpha value is -4.14. The van der Waals surface area contributed by atoms with Crippen molar-refractivity contribution in [2.45, 2.75) is 19.4 Å². The van der Waals surface area contributed by atoms with Gasteiger partial charge in [-0.25, -0.2) is 4.79 Å². The van der Waals surface area contributed by atoms with Crippen molar-refractivity contribution in [2.24, 2.45) is 0 Å². The lowest BCUT2D eigenvalue weighted by molar-refractivity contribution is 0.240. The van der Waals surface area contributed by atoms with E-state index in [4.69, 9.17) is 14.9 Å². The van der Waals surface area contributed by atoms with E-state index in [0.29, 0.717) is 29.2 Å². The molecule has 0 aliphatic heterocycles. The van der Waals surface area contributed by atoms with Gasteiger partial charge in [0.05, 0.1) is 38.0 Å². The average molecular weight is 449 g/mol. The van der Waals surface area contributed by atoms with Crippen molar-refractivity contribution in [2.75, 3.05) is 26.6 Å². The molecule has 0 saturated heterocycles. The van der Waals surface area contributed by atoms with Crippen molar-refractivity contribution in [1.29, 1.82) is 5.41 Å². The summed E-state index contributed by atoms with van der Waals surface area (Å²) in [6, 6.07) is 12.6. The number of amides is 2. The van der Waals surface area contributed by atoms with Crippen LogP contribution in [-0.4, -0.2) is 49.2 Å². The summed E-state index contributed by atoms with van der Waals surface area (Å²) in [5.41, 5.74) is 4.36. The first-order valence-corrected chi connectivity index (χ1v) is 10.4. The molecule has 1 heterocycles. The van der Waals surface area contributed by atoms with Gasteiger partial charge in [-0.05, 0) is 49.2 Å². The number of hydrogen-bond donors (Lipinski definition) is 4. The maximum Gasteiger partial charge on any atom is 0.314 e. The van der Waals surface area contributed by atoms with E-state index < -0.39 is 0 Å². The largest absolute Gasteiger partial charge is 0.493 e. The number of carbonyl (C=O) groups is 1. The van der Waals surface area contributed by atoms with Gasteiger partial charge in [-0.3, -0.25) is 5.41 Å². The number of ether oxygens (including phenoxy) is 2. The summed E-state index contributed by atoms with van der Waals surface area (Å²) in [5.74, 6) is 1.11. The van der Waals surface area contributed by atoms with Crippen LogP contribution < -0.4 is 25.4 Å². The summed E-state index contributed by atoms with van der Waals surface area (Å²) in [4.78, 5) is 11.7. The number of rotatable bonds is 9. The van der Waals surface area contributed by atoms with Crippen molar-refractivity contribution in [1.82, 2.24) is 20.8 Å². The SMILES string of the molecule is CNC(=O)NC(C)Cc1cc(OC)c(OC)cc1C(=N)c1ccc(Nc2ccnnc2)cc1. The zero-order chi connectivity index (χ0) is 23.8. The van der Waals surface area contributed by atoms with E-state index in [2.05, 4.69) is 26.1 Å². The van der Waals surface area contributed by atoms with E-state index >= 15 is 0 Å². The first-order chi connectivity index (χ1) is 15.9. The fraction of sp³-hybridized carbons (Fsp3) is 0.250. The van der Waals surface area contributed by atoms with E-state index in [-0.39, 0.29) is 12.1 Å². The lowest BCUT2D eigenvalue weighted by Gasteiger charge is -2.19. The fourth-order valence-electron chi connectivity index (χ4n) is 3.41. The number of urea groups is 1. The normalized spacial score (nSPS) is 11.3. The molecule has 2 amide bonds. The third kappa shape index (κ3) is 5.97. The summed E-state index contributed by atoms with van der Waals surface area (Å²) < 4.78 is 10.9. The van der Waals surface area contributed by atoms with Crippen LogP contribution in [0.15, 0.2) is 54.9 Å². The molecule has 33 heavy (non-hydrogen) atoms. The Bertz CT molecular complexity index is 1100. The third-order valence-corrected chi connectivity index (χ3v) is 5.06. The maximum absolute atomic E-state index is 11.7. The average Bonchev–Trinajstić information content (AvgIpc) is 2.84. The summed E-state index contributed by atoms with van der Waals surface area (Å²) in [5, 5.41) is 25.2. The molecule has 4 N–H and O–H groups in total. The second-order valence-corrected chi connectivity index (χ2v) is 7.40. The number of anilines is 2. The molecule has 172 valence electrons. The summed E-state index contributed by atoms with van der Waals surface area (Å²) in [7, 11) is 4.71. The third-order valence-electron chi connectivity index (χ3n) is 5.06. The van der Waals surface area contributed by atoms with E-state index in [1.54, 1.807) is 39.7 Å². The number of methoxy groups -OCH3 is 2. The predicted molar refractivity (Wildman–Crippen MR) is 128 cm³/mol. The predicted octanol–water partition coefficient (Wildman–Crippen LogP) is 3.51. The number of nitrogens with zero attached hydrogens (tertiary/aromatic N) is 2. The van der Waals surface area contributed by atoms with Crippen LogP contribution in [0.3, 0.4) is 0 Å². The summed E-state index contributed by atoms with van der Waals surface area (Å²) >= 11 is 0. The smallest absolute Gasteiger partial charge is 0.314 e. The first kappa shape index (κ1) is 23.5. The van der Waals surface area contributed by atoms with Crippen LogP contribution in [-0.2, 0) is 6.42 Å². The van der Waals surface area contributed by atoms with Gasteiger partial charge in [0.25, 0.3) is 0 Å². The number of benzene rings is 2. The second-order valence-electron chi connectivity index (χ2n) is 7.40. The van der Waals surface area contributed by atoms with Crippen LogP contribution >= 0.6 is 0 Å². The second kappa shape index (κ2) is 10.9. The molecule has 1 unspecified atom stereocenters. The van der Waals surface area contributed by atoms with Crippen LogP contribution in [0.2, 0.25) is 0 Å². The highest BCUT2D eigenvalue weighted by molar-refractivity contribution is 6.12. The quantitative estimate of drug-likeness (QED) is 0.372. The van der Waals surface area contributed by atoms with Gasteiger partial charge in [-0.15, -0.1) is 0 Å². The van der Waals surface area contributed by atoms with E-state index in [9.17, 15) is 4.79 Å². The maximum atomic E-state index is 11.7. The Morgan fingerprint density at radius 1 is 1.03 bits per heavy atom. The number of hydrogen-bond acceptors (Lipinski definition) is 7. The van der Waals surface area contributed by atoms with E-state index in [1.165, 1.54) is 0 Å². The Labute approximate surface area is 193 Å². The standard InChI is InChI=1S/C24H28N6O3/c1-15(29-24(31)26-2)11-17-12-21(32-3)22(33-4)13-20(17)23(25)16-5-7-18(8-6-16)30-19-9-10-27-28-14-19/h5-10,12-15,25H,11H2,1-4H3,(H,27,30)(H2,26,29,31). The van der Waals surface area contributed by atoms with Gasteiger partial charge in [0.2, 0.25) is 0 Å². The van der Waals surface area contributed by atoms with Crippen LogP contribution in [0.1, 0.15) is 23.6 Å². The molecule has 1 atom stereocenters. The van der Waals surface area contributed by atoms with Gasteiger partial charge in [-0.2, -0.15) is 10.2 Å². The van der Waals surface area contributed by atoms with Gasteiger partial charge in [0.15, 0.2) is 11.5 Å². The fourth-order valence-corrected chi connectivity index (χ4v) is 3.41. The number of aromatic nitrogens is 2. The van der Waals surface area contributed by atoms with Crippen molar-refractivity contribution < 1.29 is 14.3 Å². The van der Waals surface area contributed by atoms with Gasteiger partial charge < -0.3 is 25.4 Å². The summed E-state index contributed by atoms with van der Waals surface area (Å²) in [6.45, 7) is 1.91. The van der Waals surface area contributed by atoms with Gasteiger partial charge >= 0.3 is 6.03 Å². The molecule has 3 aromatic rings. The highest BCUT2D eigenvalue weighted by Crippen LogP contribution is 2.32. The van der Waals surface area contributed by atoms with Crippen LogP contribution in [0.25, 0.3) is 0 Å². The first-order valence-electron chi connectivity index (χ1n) is 10.4. The monoisotopic (exact) mass is 448 g/mol. The molecule has 9 heteroatoms. The van der Waals surface area contributed by atoms with Crippen LogP contribution in [0.5, 0.6) is 11.5 Å². The van der Waals surface area contributed by atoms with Crippen molar-refractivity contribution in [3.63, 3.8) is 0 Å². The zero-order valence-corrected chi connectivity index (χ0v) is 19.1. The minimum atomic E-state index is -0.257. The molecule has 2 aromatic carbocycles. The molecular formula is C24H28N6O3. The molecule has 3 rings (SSSR count). The van der Waals surface area contributed by atoms with Gasteiger partial charge in [0, 0.05) is 29.9 Å². The topological polar surface area (TPSA) is 121 Å². The van der Waals surface area contributed by atoms with Crippen molar-refractivity contribution in [3.05, 3.63) is 71.5 Å². The highest BCUT2D eigenvalue weighted by atomic mass is 16.5. The Morgan fingerprint density at radius 2 is 1.73 bits per heavy atom. The molecule has 0 aliphatic carbocycles. The lowest BCUT2D eigenvalue weighted by atomic mass is 9.93. The molecular weight excluding hydrogens is 420 g/mol. The highest BCUT2D eigenvalue weighted by Gasteiger charge is 2.18. The van der Waals surface area contributed by atoms with Crippen molar-refractivity contribution >= 4 is 23.1 Å². The molecule has 0 saturated carbocycles. The van der Waals surface area contributed by atoms with Crippen molar-refractivity contribution in [3.8, 4) is 11.5 Å². The molecule has 0 aliphatic rings. The molecule has 0 bridgehead atoms. The Balaban J connectivity index is 1.89. The summed E-state index contributed by atoms with van der Waals surface area (Å²) in [6.07, 6.45) is 3.77. The van der Waals surface area contributed by atoms with Crippen LogP contribution in [0.4, 0.5) is 16.2 Å². The minimum Gasteiger partial charge on any atom is -0.493 e. The Kier molecular flexibility index (Phi) is 7.80.